The first-order valence-corrected chi connectivity index (χ1v) is 3.71. The molecule has 0 aliphatic rings. The molecule has 0 fully saturated rings. The first-order valence-electron chi connectivity index (χ1n) is 3.71. The van der Waals surface area contributed by atoms with E-state index in [0.717, 1.165) is 0 Å². The number of hydrogen-bond donors (Lipinski definition) is 4. The second-order valence-electron chi connectivity index (χ2n) is 2.57. The summed E-state index contributed by atoms with van der Waals surface area (Å²) in [6.07, 6.45) is -5.59. The molecule has 0 aromatic rings. The predicted octanol–water partition coefficient (Wildman–Crippen LogP) is -2.72. The van der Waals surface area contributed by atoms with Gasteiger partial charge in [-0.1, -0.05) is 0 Å². The van der Waals surface area contributed by atoms with E-state index in [1.54, 1.807) is 0 Å². The summed E-state index contributed by atoms with van der Waals surface area (Å²) in [5.41, 5.74) is 0. The van der Waals surface area contributed by atoms with E-state index in [2.05, 4.69) is 4.74 Å². The van der Waals surface area contributed by atoms with Crippen molar-refractivity contribution >= 4 is 6.29 Å². The molecule has 0 amide bonds. The van der Waals surface area contributed by atoms with Gasteiger partial charge in [-0.3, -0.25) is 0 Å². The molecule has 0 aromatic carbocycles. The molecule has 6 nitrogen and oxygen atoms in total. The van der Waals surface area contributed by atoms with Crippen LogP contribution in [-0.4, -0.2) is 64.8 Å². The van der Waals surface area contributed by atoms with E-state index in [9.17, 15) is 9.90 Å². The predicted molar refractivity (Wildman–Crippen MR) is 42.0 cm³/mol. The summed E-state index contributed by atoms with van der Waals surface area (Å²) < 4.78 is 4.61. The van der Waals surface area contributed by atoms with Gasteiger partial charge in [-0.25, -0.2) is 0 Å². The molecule has 0 aliphatic heterocycles. The minimum absolute atomic E-state index is 0.126. The van der Waals surface area contributed by atoms with Crippen molar-refractivity contribution in [3.63, 3.8) is 0 Å². The lowest BCUT2D eigenvalue weighted by Gasteiger charge is -2.26. The van der Waals surface area contributed by atoms with Gasteiger partial charge < -0.3 is 30.0 Å². The van der Waals surface area contributed by atoms with E-state index < -0.39 is 31.0 Å². The molecule has 78 valence electrons. The number of aliphatic hydroxyl groups is 4. The zero-order chi connectivity index (χ0) is 10.4. The Hall–Kier alpha value is -0.530. The standard InChI is InChI=1S/C7H14O6/c1-13-7(5(11)3-9)6(12)4(10)2-8/h2,4-7,9-12H,3H2,1H3/t4-,5+,6+,7-/m1/s1. The Bertz CT molecular complexity index is 150. The van der Waals surface area contributed by atoms with Crippen molar-refractivity contribution in [2.75, 3.05) is 13.7 Å². The topological polar surface area (TPSA) is 107 Å². The van der Waals surface area contributed by atoms with Gasteiger partial charge in [0.05, 0.1) is 6.61 Å². The first-order chi connectivity index (χ1) is 6.08. The fourth-order valence-electron chi connectivity index (χ4n) is 0.903. The first kappa shape index (κ1) is 12.5. The number of carbonyl (C=O) groups excluding carboxylic acids is 1. The van der Waals surface area contributed by atoms with Crippen LogP contribution in [0.2, 0.25) is 0 Å². The third kappa shape index (κ3) is 3.37. The molecule has 0 bridgehead atoms. The summed E-state index contributed by atoms with van der Waals surface area (Å²) in [5.74, 6) is 0. The molecule has 4 N–H and O–H groups in total. The number of aliphatic hydroxyl groups excluding tert-OH is 4. The van der Waals surface area contributed by atoms with Crippen LogP contribution in [-0.2, 0) is 9.53 Å². The maximum atomic E-state index is 10.1. The smallest absolute Gasteiger partial charge is 0.151 e. The van der Waals surface area contributed by atoms with Crippen LogP contribution in [0.5, 0.6) is 0 Å². The molecule has 0 rings (SSSR count). The van der Waals surface area contributed by atoms with Gasteiger partial charge in [0, 0.05) is 7.11 Å². The van der Waals surface area contributed by atoms with E-state index in [1.165, 1.54) is 7.11 Å². The Kier molecular flexibility index (Phi) is 5.76. The average molecular weight is 194 g/mol. The highest BCUT2D eigenvalue weighted by Crippen LogP contribution is 2.07. The van der Waals surface area contributed by atoms with Crippen molar-refractivity contribution in [1.82, 2.24) is 0 Å². The minimum Gasteiger partial charge on any atom is -0.394 e. The van der Waals surface area contributed by atoms with Crippen LogP contribution >= 0.6 is 0 Å². The fraction of sp³-hybridized carbons (Fsp3) is 0.857. The lowest BCUT2D eigenvalue weighted by atomic mass is 10.0. The van der Waals surface area contributed by atoms with Crippen molar-refractivity contribution in [1.29, 1.82) is 0 Å². The quantitative estimate of drug-likeness (QED) is 0.342. The largest absolute Gasteiger partial charge is 0.394 e. The Labute approximate surface area is 75.4 Å². The van der Waals surface area contributed by atoms with E-state index in [-0.39, 0.29) is 6.29 Å². The third-order valence-electron chi connectivity index (χ3n) is 1.66. The molecule has 4 atom stereocenters. The lowest BCUT2D eigenvalue weighted by molar-refractivity contribution is -0.142. The summed E-state index contributed by atoms with van der Waals surface area (Å²) in [6.45, 7) is -0.624. The summed E-state index contributed by atoms with van der Waals surface area (Å²) in [7, 11) is 1.18. The summed E-state index contributed by atoms with van der Waals surface area (Å²) in [6, 6.07) is 0. The molecule has 0 spiro atoms. The van der Waals surface area contributed by atoms with Crippen LogP contribution in [0.3, 0.4) is 0 Å². The zero-order valence-electron chi connectivity index (χ0n) is 7.20. The maximum Gasteiger partial charge on any atom is 0.151 e. The number of carbonyl (C=O) groups is 1. The summed E-state index contributed by atoms with van der Waals surface area (Å²) >= 11 is 0. The van der Waals surface area contributed by atoms with Gasteiger partial charge in [0.25, 0.3) is 0 Å². The van der Waals surface area contributed by atoms with Gasteiger partial charge in [-0.15, -0.1) is 0 Å². The van der Waals surface area contributed by atoms with Gasteiger partial charge in [-0.05, 0) is 0 Å². The lowest BCUT2D eigenvalue weighted by Crippen LogP contribution is -2.47. The molecule has 0 saturated carbocycles. The van der Waals surface area contributed by atoms with Crippen LogP contribution in [0.25, 0.3) is 0 Å². The van der Waals surface area contributed by atoms with Crippen molar-refractivity contribution in [3.05, 3.63) is 0 Å². The molecule has 0 radical (unpaired) electrons. The number of aldehydes is 1. The molecular formula is C7H14O6. The van der Waals surface area contributed by atoms with E-state index in [0.29, 0.717) is 0 Å². The van der Waals surface area contributed by atoms with Crippen molar-refractivity contribution < 1.29 is 30.0 Å². The third-order valence-corrected chi connectivity index (χ3v) is 1.66. The maximum absolute atomic E-state index is 10.1. The number of hydrogen-bond acceptors (Lipinski definition) is 6. The van der Waals surface area contributed by atoms with E-state index >= 15 is 0 Å². The monoisotopic (exact) mass is 194 g/mol. The number of ether oxygens (including phenoxy) is 1. The Morgan fingerprint density at radius 1 is 1.38 bits per heavy atom. The molecular weight excluding hydrogens is 180 g/mol. The average Bonchev–Trinajstić information content (AvgIpc) is 2.17. The Morgan fingerprint density at radius 2 is 1.92 bits per heavy atom. The van der Waals surface area contributed by atoms with Crippen LogP contribution < -0.4 is 0 Å². The highest BCUT2D eigenvalue weighted by molar-refractivity contribution is 5.56. The molecule has 13 heavy (non-hydrogen) atoms. The fourth-order valence-corrected chi connectivity index (χ4v) is 0.903. The second kappa shape index (κ2) is 6.01. The van der Waals surface area contributed by atoms with Crippen LogP contribution in [0.15, 0.2) is 0 Å². The van der Waals surface area contributed by atoms with Gasteiger partial charge in [0.1, 0.15) is 24.4 Å². The van der Waals surface area contributed by atoms with Gasteiger partial charge >= 0.3 is 0 Å². The van der Waals surface area contributed by atoms with Gasteiger partial charge in [0.2, 0.25) is 0 Å². The van der Waals surface area contributed by atoms with Crippen molar-refractivity contribution in [2.45, 2.75) is 24.4 Å². The van der Waals surface area contributed by atoms with Crippen molar-refractivity contribution in [3.8, 4) is 0 Å². The summed E-state index contributed by atoms with van der Waals surface area (Å²) in [5, 5.41) is 35.7. The van der Waals surface area contributed by atoms with E-state index in [1.807, 2.05) is 0 Å². The zero-order valence-corrected chi connectivity index (χ0v) is 7.20. The van der Waals surface area contributed by atoms with Gasteiger partial charge in [0.15, 0.2) is 6.29 Å². The molecule has 0 aromatic heterocycles. The van der Waals surface area contributed by atoms with E-state index in [4.69, 9.17) is 15.3 Å². The number of rotatable bonds is 6. The highest BCUT2D eigenvalue weighted by Gasteiger charge is 2.31. The van der Waals surface area contributed by atoms with Crippen LogP contribution in [0, 0.1) is 0 Å². The van der Waals surface area contributed by atoms with Crippen molar-refractivity contribution in [2.24, 2.45) is 0 Å². The normalized spacial score (nSPS) is 20.4. The van der Waals surface area contributed by atoms with Crippen LogP contribution in [0.4, 0.5) is 0 Å². The SMILES string of the molecule is CO[C@@H]([C@@H](O)[C@H](O)C=O)[C@@H](O)CO. The second-order valence-corrected chi connectivity index (χ2v) is 2.57. The molecule has 0 unspecified atom stereocenters. The molecule has 0 aliphatic carbocycles. The molecule has 0 saturated heterocycles. The Balaban J connectivity index is 4.29. The molecule has 0 heterocycles. The molecule has 6 heteroatoms. The summed E-state index contributed by atoms with van der Waals surface area (Å²) in [4.78, 5) is 10.1. The number of methoxy groups -OCH3 is 1. The van der Waals surface area contributed by atoms with Crippen LogP contribution in [0.1, 0.15) is 0 Å². The van der Waals surface area contributed by atoms with Gasteiger partial charge in [-0.2, -0.15) is 0 Å². The Morgan fingerprint density at radius 3 is 2.23 bits per heavy atom. The minimum atomic E-state index is -1.63. The highest BCUT2D eigenvalue weighted by atomic mass is 16.5.